The number of carbonyl (C=O) groups excluding carboxylic acids is 1. The molecule has 1 heterocycles. The highest BCUT2D eigenvalue weighted by Crippen LogP contribution is 2.36. The van der Waals surface area contributed by atoms with E-state index in [9.17, 15) is 18.8 Å². The lowest BCUT2D eigenvalue weighted by atomic mass is 9.85. The first-order chi connectivity index (χ1) is 15.7. The molecule has 1 amide bonds. The molecule has 33 heavy (non-hydrogen) atoms. The molecule has 0 spiro atoms. The van der Waals surface area contributed by atoms with Gasteiger partial charge in [0.1, 0.15) is 22.9 Å². The van der Waals surface area contributed by atoms with Gasteiger partial charge in [-0.1, -0.05) is 12.2 Å². The number of amides is 1. The molecule has 174 valence electrons. The normalized spacial score (nSPS) is 14.4. The molecular weight excluding hydrogens is 430 g/mol. The lowest BCUT2D eigenvalue weighted by Crippen LogP contribution is -2.26. The number of aromatic nitrogens is 2. The van der Waals surface area contributed by atoms with E-state index < -0.39 is 17.9 Å². The number of methoxy groups -OCH3 is 1. The van der Waals surface area contributed by atoms with Crippen LogP contribution in [0, 0.1) is 16.7 Å². The van der Waals surface area contributed by atoms with Crippen LogP contribution < -0.4 is 14.8 Å². The number of imidazole rings is 1. The van der Waals surface area contributed by atoms with Gasteiger partial charge in [0.2, 0.25) is 0 Å². The topological polar surface area (TPSA) is 100 Å². The first-order valence-corrected chi connectivity index (χ1v) is 10.5. The van der Waals surface area contributed by atoms with Crippen molar-refractivity contribution in [2.24, 2.45) is 5.41 Å². The van der Waals surface area contributed by atoms with Gasteiger partial charge in [0, 0.05) is 11.6 Å². The van der Waals surface area contributed by atoms with Crippen LogP contribution in [-0.2, 0) is 0 Å². The van der Waals surface area contributed by atoms with Crippen molar-refractivity contribution in [3.63, 3.8) is 0 Å². The number of alkyl halides is 2. The number of nitrogens with one attached hydrogen (secondary N) is 2. The number of rotatable bonds is 9. The minimum Gasteiger partial charge on any atom is -0.496 e. The van der Waals surface area contributed by atoms with Gasteiger partial charge in [-0.2, -0.15) is 14.0 Å². The average molecular weight is 456 g/mol. The van der Waals surface area contributed by atoms with Crippen LogP contribution in [-0.4, -0.2) is 35.6 Å². The smallest absolute Gasteiger partial charge is 0.387 e. The highest BCUT2D eigenvalue weighted by molar-refractivity contribution is 6.01. The largest absolute Gasteiger partial charge is 0.496 e. The van der Waals surface area contributed by atoms with Crippen molar-refractivity contribution in [3.05, 3.63) is 47.4 Å². The van der Waals surface area contributed by atoms with Gasteiger partial charge in [0.15, 0.2) is 0 Å². The van der Waals surface area contributed by atoms with Gasteiger partial charge in [-0.15, -0.1) is 0 Å². The van der Waals surface area contributed by atoms with Gasteiger partial charge in [0.25, 0.3) is 5.91 Å². The van der Waals surface area contributed by atoms with Gasteiger partial charge in [-0.3, -0.25) is 4.79 Å². The van der Waals surface area contributed by atoms with E-state index in [0.717, 1.165) is 18.4 Å². The second-order valence-electron chi connectivity index (χ2n) is 8.20. The molecule has 1 aromatic carbocycles. The number of aromatic amines is 1. The fourth-order valence-corrected chi connectivity index (χ4v) is 3.19. The summed E-state index contributed by atoms with van der Waals surface area (Å²) in [6, 6.07) is 5.21. The molecule has 2 aromatic rings. The van der Waals surface area contributed by atoms with Crippen molar-refractivity contribution in [1.29, 1.82) is 5.26 Å². The molecule has 0 saturated heterocycles. The number of benzene rings is 1. The molecule has 1 saturated carbocycles. The highest BCUT2D eigenvalue weighted by Gasteiger charge is 2.29. The summed E-state index contributed by atoms with van der Waals surface area (Å²) in [4.78, 5) is 20.1. The van der Waals surface area contributed by atoms with Gasteiger partial charge >= 0.3 is 6.61 Å². The molecule has 2 N–H and O–H groups in total. The first-order valence-electron chi connectivity index (χ1n) is 10.5. The van der Waals surface area contributed by atoms with E-state index in [1.165, 1.54) is 19.4 Å². The zero-order valence-corrected chi connectivity index (χ0v) is 18.9. The van der Waals surface area contributed by atoms with Crippen LogP contribution in [0.15, 0.2) is 36.1 Å². The predicted octanol–water partition coefficient (Wildman–Crippen LogP) is 5.09. The Morgan fingerprint density at radius 2 is 2.06 bits per heavy atom. The lowest BCUT2D eigenvalue weighted by molar-refractivity contribution is -0.0502. The van der Waals surface area contributed by atoms with Crippen LogP contribution in [0.1, 0.15) is 49.8 Å². The molecule has 0 aliphatic heterocycles. The third-order valence-corrected chi connectivity index (χ3v) is 5.19. The maximum absolute atomic E-state index is 13.1. The Hall–Kier alpha value is -3.67. The van der Waals surface area contributed by atoms with Gasteiger partial charge < -0.3 is 19.8 Å². The van der Waals surface area contributed by atoms with Crippen molar-refractivity contribution >= 4 is 12.0 Å². The lowest BCUT2D eigenvalue weighted by Gasteiger charge is -2.16. The Bertz CT molecular complexity index is 1130. The fraction of sp³-hybridized carbons (Fsp3) is 0.375. The van der Waals surface area contributed by atoms with Crippen LogP contribution in [0.5, 0.6) is 11.5 Å². The average Bonchev–Trinajstić information content (AvgIpc) is 3.46. The highest BCUT2D eigenvalue weighted by atomic mass is 19.3. The summed E-state index contributed by atoms with van der Waals surface area (Å²) in [7, 11) is 1.35. The molecule has 1 aromatic heterocycles. The van der Waals surface area contributed by atoms with Crippen molar-refractivity contribution in [1.82, 2.24) is 15.3 Å². The number of halogens is 2. The number of nitriles is 1. The predicted molar refractivity (Wildman–Crippen MR) is 120 cm³/mol. The molecular formula is C24H26F2N4O3. The molecule has 0 atom stereocenters. The minimum absolute atomic E-state index is 0.0345. The number of allylic oxidation sites excluding steroid dienone is 3. The molecule has 1 fully saturated rings. The molecule has 3 rings (SSSR count). The zero-order valence-electron chi connectivity index (χ0n) is 18.9. The van der Waals surface area contributed by atoms with Crippen LogP contribution in [0.4, 0.5) is 8.78 Å². The van der Waals surface area contributed by atoms with E-state index in [1.807, 2.05) is 19.1 Å². The molecule has 0 radical (unpaired) electrons. The van der Waals surface area contributed by atoms with E-state index in [1.54, 1.807) is 26.0 Å². The number of H-pyrrole nitrogens is 1. The van der Waals surface area contributed by atoms with E-state index in [4.69, 9.17) is 4.74 Å². The van der Waals surface area contributed by atoms with E-state index in [0.29, 0.717) is 17.1 Å². The van der Waals surface area contributed by atoms with Crippen molar-refractivity contribution in [2.45, 2.75) is 46.3 Å². The molecule has 7 nitrogen and oxygen atoms in total. The summed E-state index contributed by atoms with van der Waals surface area (Å²) in [6.45, 7) is 2.33. The number of hydrogen-bond donors (Lipinski definition) is 2. The SMILES string of the molecule is C/C=C\C(=C/c1ncc(-c2cc(OC)c(C(=O)NC3CC3)c(OC(F)F)c2)[nH]1)C(C)(C)C#N. The Morgan fingerprint density at radius 1 is 1.36 bits per heavy atom. The number of hydrogen-bond acceptors (Lipinski definition) is 5. The third kappa shape index (κ3) is 5.77. The van der Waals surface area contributed by atoms with Crippen molar-refractivity contribution in [3.8, 4) is 28.8 Å². The van der Waals surface area contributed by atoms with Crippen LogP contribution in [0.2, 0.25) is 0 Å². The Balaban J connectivity index is 2.03. The quantitative estimate of drug-likeness (QED) is 0.512. The summed E-state index contributed by atoms with van der Waals surface area (Å²) in [5, 5.41) is 12.2. The van der Waals surface area contributed by atoms with Crippen molar-refractivity contribution < 1.29 is 23.0 Å². The molecule has 9 heteroatoms. The third-order valence-electron chi connectivity index (χ3n) is 5.19. The number of carbonyl (C=O) groups is 1. The van der Waals surface area contributed by atoms with E-state index in [2.05, 4.69) is 26.1 Å². The zero-order chi connectivity index (χ0) is 24.2. The van der Waals surface area contributed by atoms with Gasteiger partial charge in [-0.05, 0) is 57.4 Å². The van der Waals surface area contributed by atoms with E-state index in [-0.39, 0.29) is 23.1 Å². The molecule has 1 aliphatic rings. The van der Waals surface area contributed by atoms with Gasteiger partial charge in [0.05, 0.1) is 30.5 Å². The second kappa shape index (κ2) is 9.86. The molecule has 0 unspecified atom stereocenters. The summed E-state index contributed by atoms with van der Waals surface area (Å²) in [6.07, 6.45) is 8.63. The van der Waals surface area contributed by atoms with Crippen molar-refractivity contribution in [2.75, 3.05) is 7.11 Å². The summed E-state index contributed by atoms with van der Waals surface area (Å²) >= 11 is 0. The summed E-state index contributed by atoms with van der Waals surface area (Å²) < 4.78 is 36.2. The maximum Gasteiger partial charge on any atom is 0.387 e. The summed E-state index contributed by atoms with van der Waals surface area (Å²) in [5.41, 5.74) is 0.878. The monoisotopic (exact) mass is 456 g/mol. The Labute approximate surface area is 191 Å². The number of ether oxygens (including phenoxy) is 2. The molecule has 0 bridgehead atoms. The summed E-state index contributed by atoms with van der Waals surface area (Å²) in [5.74, 6) is -0.232. The second-order valence-corrected chi connectivity index (χ2v) is 8.20. The van der Waals surface area contributed by atoms with Crippen LogP contribution >= 0.6 is 0 Å². The first kappa shape index (κ1) is 24.0. The minimum atomic E-state index is -3.12. The van der Waals surface area contributed by atoms with Crippen LogP contribution in [0.3, 0.4) is 0 Å². The van der Waals surface area contributed by atoms with Gasteiger partial charge in [-0.25, -0.2) is 4.98 Å². The van der Waals surface area contributed by atoms with Crippen LogP contribution in [0.25, 0.3) is 17.3 Å². The number of nitrogens with zero attached hydrogens (tertiary/aromatic N) is 2. The Kier molecular flexibility index (Phi) is 7.16. The molecule has 1 aliphatic carbocycles. The van der Waals surface area contributed by atoms with E-state index >= 15 is 0 Å². The standard InChI is InChI=1S/C24H26F2N4O3/c1-5-6-15(24(2,3)13-27)11-20-28-12-17(30-20)14-9-18(32-4)21(19(10-14)33-23(25)26)22(31)29-16-7-8-16/h5-6,9-12,16,23H,7-8H2,1-4H3,(H,28,30)(H,29,31)/b6-5-,15-11+. The Morgan fingerprint density at radius 3 is 2.64 bits per heavy atom. The maximum atomic E-state index is 13.1. The fourth-order valence-electron chi connectivity index (χ4n) is 3.19.